The van der Waals surface area contributed by atoms with Gasteiger partial charge in [-0.1, -0.05) is 18.2 Å². The topological polar surface area (TPSA) is 83.6 Å². The van der Waals surface area contributed by atoms with E-state index < -0.39 is 21.8 Å². The molecule has 2 amide bonds. The van der Waals surface area contributed by atoms with Gasteiger partial charge in [0.05, 0.1) is 5.56 Å². The van der Waals surface area contributed by atoms with E-state index in [4.69, 9.17) is 0 Å². The van der Waals surface area contributed by atoms with Gasteiger partial charge < -0.3 is 5.32 Å². The third kappa shape index (κ3) is 2.39. The number of rotatable bonds is 2. The molecule has 7 heteroatoms. The molecule has 0 radical (unpaired) electrons. The van der Waals surface area contributed by atoms with Crippen molar-refractivity contribution in [2.45, 2.75) is 11.8 Å². The van der Waals surface area contributed by atoms with Crippen molar-refractivity contribution in [2.75, 3.05) is 12.4 Å². The lowest BCUT2D eigenvalue weighted by Crippen LogP contribution is -2.24. The van der Waals surface area contributed by atoms with Crippen LogP contribution in [0.3, 0.4) is 0 Å². The maximum atomic E-state index is 12.3. The van der Waals surface area contributed by atoms with Gasteiger partial charge in [-0.15, -0.1) is 0 Å². The largest absolute Gasteiger partial charge is 0.322 e. The summed E-state index contributed by atoms with van der Waals surface area (Å²) in [7, 11) is -2.67. The molecular formula is C16H14N2O4S. The zero-order valence-corrected chi connectivity index (χ0v) is 13.3. The summed E-state index contributed by atoms with van der Waals surface area (Å²) in [5, 5.41) is 2.74. The summed E-state index contributed by atoms with van der Waals surface area (Å²) in [5.41, 5.74) is 1.80. The molecule has 0 saturated heterocycles. The number of anilines is 1. The molecule has 0 saturated carbocycles. The molecule has 2 aromatic carbocycles. The van der Waals surface area contributed by atoms with Crippen molar-refractivity contribution in [1.82, 2.24) is 4.31 Å². The summed E-state index contributed by atoms with van der Waals surface area (Å²) in [4.78, 5) is 24.1. The van der Waals surface area contributed by atoms with Crippen LogP contribution in [0.2, 0.25) is 0 Å². The fraction of sp³-hybridized carbons (Fsp3) is 0.125. The summed E-state index contributed by atoms with van der Waals surface area (Å²) in [6.07, 6.45) is 0. The third-order valence-corrected chi connectivity index (χ3v) is 5.57. The number of fused-ring (bicyclic) bond motifs is 1. The number of hydrogen-bond acceptors (Lipinski definition) is 4. The highest BCUT2D eigenvalue weighted by atomic mass is 32.2. The Kier molecular flexibility index (Phi) is 3.45. The number of carbonyl (C=O) groups excluding carboxylic acids is 2. The third-order valence-electron chi connectivity index (χ3n) is 3.79. The van der Waals surface area contributed by atoms with Crippen LogP contribution in [0, 0.1) is 6.92 Å². The second-order valence-corrected chi connectivity index (χ2v) is 7.20. The minimum absolute atomic E-state index is 0.0833. The van der Waals surface area contributed by atoms with Crippen molar-refractivity contribution in [3.63, 3.8) is 0 Å². The highest BCUT2D eigenvalue weighted by Gasteiger charge is 2.38. The molecule has 2 aromatic rings. The van der Waals surface area contributed by atoms with Gasteiger partial charge in [0.1, 0.15) is 4.90 Å². The molecule has 6 nitrogen and oxygen atoms in total. The zero-order chi connectivity index (χ0) is 16.8. The molecule has 0 atom stereocenters. The average molecular weight is 330 g/mol. The van der Waals surface area contributed by atoms with Crippen molar-refractivity contribution in [2.24, 2.45) is 0 Å². The molecule has 0 aliphatic carbocycles. The Morgan fingerprint density at radius 2 is 1.83 bits per heavy atom. The summed E-state index contributed by atoms with van der Waals surface area (Å²) in [6, 6.07) is 11.3. The quantitative estimate of drug-likeness (QED) is 0.913. The second kappa shape index (κ2) is 5.20. The molecule has 1 aliphatic heterocycles. The van der Waals surface area contributed by atoms with Crippen molar-refractivity contribution < 1.29 is 18.0 Å². The number of sulfonamides is 1. The first kappa shape index (κ1) is 15.2. The molecule has 1 heterocycles. The Morgan fingerprint density at radius 3 is 2.52 bits per heavy atom. The Morgan fingerprint density at radius 1 is 1.13 bits per heavy atom. The smallest absolute Gasteiger partial charge is 0.268 e. The number of amides is 2. The van der Waals surface area contributed by atoms with Crippen LogP contribution in [-0.4, -0.2) is 31.6 Å². The molecule has 1 N–H and O–H groups in total. The van der Waals surface area contributed by atoms with Crippen molar-refractivity contribution in [3.8, 4) is 0 Å². The number of hydrogen-bond donors (Lipinski definition) is 1. The van der Waals surface area contributed by atoms with Gasteiger partial charge >= 0.3 is 0 Å². The van der Waals surface area contributed by atoms with E-state index in [0.29, 0.717) is 9.99 Å². The standard InChI is InChI=1S/C16H14N2O4S/c1-10-5-3-4-6-13(10)17-15(19)11-7-8-12-14(9-11)23(21,22)18(2)16(12)20/h3-9H,1-2H3,(H,17,19). The zero-order valence-electron chi connectivity index (χ0n) is 12.5. The minimum atomic E-state index is -3.87. The molecule has 0 fully saturated rings. The van der Waals surface area contributed by atoms with E-state index in [1.54, 1.807) is 12.1 Å². The van der Waals surface area contributed by atoms with Gasteiger partial charge in [0.25, 0.3) is 21.8 Å². The maximum absolute atomic E-state index is 12.3. The average Bonchev–Trinajstić information content (AvgIpc) is 2.70. The van der Waals surface area contributed by atoms with E-state index in [9.17, 15) is 18.0 Å². The first-order valence-corrected chi connectivity index (χ1v) is 8.30. The number of para-hydroxylation sites is 1. The molecule has 0 unspecified atom stereocenters. The molecular weight excluding hydrogens is 316 g/mol. The van der Waals surface area contributed by atoms with Gasteiger partial charge in [-0.3, -0.25) is 9.59 Å². The highest BCUT2D eigenvalue weighted by Crippen LogP contribution is 2.30. The monoisotopic (exact) mass is 330 g/mol. The molecule has 0 aromatic heterocycles. The van der Waals surface area contributed by atoms with E-state index >= 15 is 0 Å². The van der Waals surface area contributed by atoms with Gasteiger partial charge in [-0.2, -0.15) is 0 Å². The number of carbonyl (C=O) groups is 2. The van der Waals surface area contributed by atoms with E-state index in [0.717, 1.165) is 5.56 Å². The van der Waals surface area contributed by atoms with Crippen LogP contribution in [0.4, 0.5) is 5.69 Å². The van der Waals surface area contributed by atoms with E-state index in [1.807, 2.05) is 19.1 Å². The van der Waals surface area contributed by atoms with Crippen molar-refractivity contribution in [1.29, 1.82) is 0 Å². The predicted octanol–water partition coefficient (Wildman–Crippen LogP) is 2.02. The molecule has 3 rings (SSSR count). The fourth-order valence-electron chi connectivity index (χ4n) is 2.39. The Hall–Kier alpha value is -2.67. The highest BCUT2D eigenvalue weighted by molar-refractivity contribution is 7.90. The Balaban J connectivity index is 1.98. The molecule has 0 spiro atoms. The van der Waals surface area contributed by atoms with Gasteiger partial charge in [-0.05, 0) is 36.8 Å². The lowest BCUT2D eigenvalue weighted by molar-refractivity contribution is 0.0890. The lowest BCUT2D eigenvalue weighted by Gasteiger charge is -2.09. The summed E-state index contributed by atoms with van der Waals surface area (Å²) in [6.45, 7) is 1.86. The molecule has 1 aliphatic rings. The Labute approximate surface area is 133 Å². The van der Waals surface area contributed by atoms with Crippen LogP contribution in [0.25, 0.3) is 0 Å². The summed E-state index contributed by atoms with van der Waals surface area (Å²) < 4.78 is 25.0. The van der Waals surface area contributed by atoms with Gasteiger partial charge in [0.2, 0.25) is 0 Å². The van der Waals surface area contributed by atoms with Gasteiger partial charge in [0, 0.05) is 18.3 Å². The van der Waals surface area contributed by atoms with E-state index in [-0.39, 0.29) is 16.0 Å². The van der Waals surface area contributed by atoms with Crippen LogP contribution in [-0.2, 0) is 10.0 Å². The maximum Gasteiger partial charge on any atom is 0.268 e. The normalized spacial score (nSPS) is 15.4. The van der Waals surface area contributed by atoms with E-state index in [1.165, 1.54) is 25.2 Å². The van der Waals surface area contributed by atoms with Crippen LogP contribution in [0.1, 0.15) is 26.3 Å². The lowest BCUT2D eigenvalue weighted by atomic mass is 10.1. The number of benzene rings is 2. The fourth-order valence-corrected chi connectivity index (χ4v) is 3.71. The van der Waals surface area contributed by atoms with Crippen molar-refractivity contribution >= 4 is 27.5 Å². The van der Waals surface area contributed by atoms with Gasteiger partial charge in [0.15, 0.2) is 0 Å². The Bertz CT molecular complexity index is 935. The first-order valence-electron chi connectivity index (χ1n) is 6.86. The van der Waals surface area contributed by atoms with Crippen molar-refractivity contribution in [3.05, 3.63) is 59.2 Å². The first-order chi connectivity index (χ1) is 10.8. The number of nitrogens with zero attached hydrogens (tertiary/aromatic N) is 1. The number of nitrogens with one attached hydrogen (secondary N) is 1. The SMILES string of the molecule is Cc1ccccc1NC(=O)c1ccc2c(c1)S(=O)(=O)N(C)C2=O. The van der Waals surface area contributed by atoms with Gasteiger partial charge in [-0.25, -0.2) is 12.7 Å². The van der Waals surface area contributed by atoms with Crippen LogP contribution >= 0.6 is 0 Å². The molecule has 0 bridgehead atoms. The predicted molar refractivity (Wildman–Crippen MR) is 84.9 cm³/mol. The molecule has 23 heavy (non-hydrogen) atoms. The van der Waals surface area contributed by atoms with Crippen LogP contribution < -0.4 is 5.32 Å². The summed E-state index contributed by atoms with van der Waals surface area (Å²) in [5.74, 6) is -1.02. The van der Waals surface area contributed by atoms with Crippen LogP contribution in [0.5, 0.6) is 0 Å². The minimum Gasteiger partial charge on any atom is -0.322 e. The summed E-state index contributed by atoms with van der Waals surface area (Å²) >= 11 is 0. The van der Waals surface area contributed by atoms with Crippen LogP contribution in [0.15, 0.2) is 47.4 Å². The number of aryl methyl sites for hydroxylation is 1. The second-order valence-electron chi connectivity index (χ2n) is 5.26. The van der Waals surface area contributed by atoms with E-state index in [2.05, 4.69) is 5.32 Å². The molecule has 118 valence electrons.